The van der Waals surface area contributed by atoms with Crippen molar-refractivity contribution in [3.05, 3.63) is 63.9 Å². The summed E-state index contributed by atoms with van der Waals surface area (Å²) >= 11 is 12.1. The lowest BCUT2D eigenvalue weighted by Crippen LogP contribution is -2.46. The number of hydrogen-bond donors (Lipinski definition) is 0. The zero-order valence-electron chi connectivity index (χ0n) is 20.1. The lowest BCUT2D eigenvalue weighted by molar-refractivity contribution is 0.103. The monoisotopic (exact) mass is 483 g/mol. The molecule has 2 heterocycles. The summed E-state index contributed by atoms with van der Waals surface area (Å²) in [6.07, 6.45) is 1.20. The van der Waals surface area contributed by atoms with E-state index in [-0.39, 0.29) is 5.41 Å². The van der Waals surface area contributed by atoms with Gasteiger partial charge in [0.25, 0.3) is 0 Å². The Morgan fingerprint density at radius 2 is 1.52 bits per heavy atom. The number of piperazine rings is 1. The molecule has 0 spiro atoms. The Morgan fingerprint density at radius 3 is 2.09 bits per heavy atom. The number of benzene rings is 2. The minimum atomic E-state index is 0.104. The normalized spacial score (nSPS) is 15.8. The van der Waals surface area contributed by atoms with Crippen molar-refractivity contribution in [2.45, 2.75) is 46.2 Å². The van der Waals surface area contributed by atoms with Crippen LogP contribution in [0.4, 0.5) is 0 Å². The van der Waals surface area contributed by atoms with E-state index in [1.54, 1.807) is 0 Å². The number of hydrogen-bond acceptors (Lipinski definition) is 4. The van der Waals surface area contributed by atoms with Gasteiger partial charge in [-0.1, -0.05) is 63.6 Å². The molecule has 0 saturated carbocycles. The highest BCUT2D eigenvalue weighted by atomic mass is 35.5. The molecular formula is C26H34ClN5S. The molecule has 0 atom stereocenters. The summed E-state index contributed by atoms with van der Waals surface area (Å²) in [5.41, 5.74) is 3.42. The second kappa shape index (κ2) is 10.1. The molecule has 0 bridgehead atoms. The first-order chi connectivity index (χ1) is 15.8. The maximum Gasteiger partial charge on any atom is 0.204 e. The Hall–Kier alpha value is -1.99. The molecule has 0 unspecified atom stereocenters. The van der Waals surface area contributed by atoms with Gasteiger partial charge in [0, 0.05) is 36.8 Å². The topological polar surface area (TPSA) is 29.2 Å². The first kappa shape index (κ1) is 24.1. The van der Waals surface area contributed by atoms with Gasteiger partial charge in [-0.15, -0.1) is 5.10 Å². The van der Waals surface area contributed by atoms with Gasteiger partial charge in [-0.2, -0.15) is 0 Å². The summed E-state index contributed by atoms with van der Waals surface area (Å²) in [7, 11) is 0. The molecule has 1 aliphatic rings. The van der Waals surface area contributed by atoms with Crippen LogP contribution in [-0.4, -0.2) is 56.9 Å². The van der Waals surface area contributed by atoms with E-state index < -0.39 is 0 Å². The van der Waals surface area contributed by atoms with Crippen LogP contribution in [0.2, 0.25) is 5.02 Å². The van der Waals surface area contributed by atoms with E-state index in [1.807, 2.05) is 28.9 Å². The maximum atomic E-state index is 6.16. The summed E-state index contributed by atoms with van der Waals surface area (Å²) in [6, 6.07) is 16.5. The van der Waals surface area contributed by atoms with Gasteiger partial charge in [0.15, 0.2) is 5.82 Å². The highest BCUT2D eigenvalue weighted by Gasteiger charge is 2.20. The summed E-state index contributed by atoms with van der Waals surface area (Å²) in [4.78, 5) is 4.97. The summed E-state index contributed by atoms with van der Waals surface area (Å²) in [6.45, 7) is 15.1. The zero-order valence-corrected chi connectivity index (χ0v) is 21.7. The van der Waals surface area contributed by atoms with Crippen molar-refractivity contribution < 1.29 is 0 Å². The predicted molar refractivity (Wildman–Crippen MR) is 140 cm³/mol. The average Bonchev–Trinajstić information content (AvgIpc) is 3.11. The van der Waals surface area contributed by atoms with Crippen LogP contribution in [0.3, 0.4) is 0 Å². The quantitative estimate of drug-likeness (QED) is 0.402. The Bertz CT molecular complexity index is 1120. The van der Waals surface area contributed by atoms with Crippen molar-refractivity contribution in [3.63, 3.8) is 0 Å². The lowest BCUT2D eigenvalue weighted by atomic mass is 9.87. The standard InChI is InChI=1S/C26H34ClN5S/c1-5-14-29-15-17-30(18-16-29)19-31-25(33)32(23-12-10-22(27)11-13-23)24(28-31)20-6-8-21(9-7-20)26(2,3)4/h6-13H,5,14-19H2,1-4H3. The third kappa shape index (κ3) is 5.57. The molecule has 4 rings (SSSR count). The Kier molecular flexibility index (Phi) is 7.39. The van der Waals surface area contributed by atoms with Gasteiger partial charge < -0.3 is 4.90 Å². The number of rotatable bonds is 6. The molecular weight excluding hydrogens is 450 g/mol. The van der Waals surface area contributed by atoms with Gasteiger partial charge in [0.2, 0.25) is 4.77 Å². The molecule has 176 valence electrons. The van der Waals surface area contributed by atoms with Crippen LogP contribution in [-0.2, 0) is 12.1 Å². The van der Waals surface area contributed by atoms with E-state index in [4.69, 9.17) is 28.9 Å². The van der Waals surface area contributed by atoms with Crippen LogP contribution in [0.25, 0.3) is 17.1 Å². The van der Waals surface area contributed by atoms with Gasteiger partial charge >= 0.3 is 0 Å². The third-order valence-electron chi connectivity index (χ3n) is 6.27. The first-order valence-corrected chi connectivity index (χ1v) is 12.6. The molecule has 1 aromatic heterocycles. The summed E-state index contributed by atoms with van der Waals surface area (Å²) in [5, 5.41) is 5.71. The summed E-state index contributed by atoms with van der Waals surface area (Å²) < 4.78 is 4.72. The van der Waals surface area contributed by atoms with E-state index in [0.29, 0.717) is 16.5 Å². The number of aromatic nitrogens is 3. The Morgan fingerprint density at radius 1 is 0.909 bits per heavy atom. The molecule has 1 fully saturated rings. The second-order valence-corrected chi connectivity index (χ2v) is 10.6. The molecule has 0 amide bonds. The van der Waals surface area contributed by atoms with Crippen LogP contribution in [0.15, 0.2) is 48.5 Å². The van der Waals surface area contributed by atoms with Gasteiger partial charge in [-0.25, -0.2) is 4.68 Å². The Labute approximate surface area is 207 Å². The second-order valence-electron chi connectivity index (χ2n) is 9.85. The first-order valence-electron chi connectivity index (χ1n) is 11.8. The average molecular weight is 484 g/mol. The molecule has 5 nitrogen and oxygen atoms in total. The molecule has 0 N–H and O–H groups in total. The highest BCUT2D eigenvalue weighted by Crippen LogP contribution is 2.28. The van der Waals surface area contributed by atoms with Crippen LogP contribution in [0.1, 0.15) is 39.7 Å². The molecule has 0 radical (unpaired) electrons. The third-order valence-corrected chi connectivity index (χ3v) is 6.92. The van der Waals surface area contributed by atoms with Crippen molar-refractivity contribution in [2.24, 2.45) is 0 Å². The fourth-order valence-corrected chi connectivity index (χ4v) is 4.71. The highest BCUT2D eigenvalue weighted by molar-refractivity contribution is 7.71. The van der Waals surface area contributed by atoms with Gasteiger partial charge in [0.1, 0.15) is 0 Å². The predicted octanol–water partition coefficient (Wildman–Crippen LogP) is 6.01. The van der Waals surface area contributed by atoms with Crippen LogP contribution < -0.4 is 0 Å². The smallest absolute Gasteiger partial charge is 0.204 e. The van der Waals surface area contributed by atoms with E-state index in [0.717, 1.165) is 43.3 Å². The maximum absolute atomic E-state index is 6.16. The number of nitrogens with zero attached hydrogens (tertiary/aromatic N) is 5. The zero-order chi connectivity index (χ0) is 23.6. The fourth-order valence-electron chi connectivity index (χ4n) is 4.29. The lowest BCUT2D eigenvalue weighted by Gasteiger charge is -2.34. The fraction of sp³-hybridized carbons (Fsp3) is 0.462. The number of halogens is 1. The summed E-state index contributed by atoms with van der Waals surface area (Å²) in [5.74, 6) is 0.854. The van der Waals surface area contributed by atoms with E-state index in [9.17, 15) is 0 Å². The molecule has 1 aliphatic heterocycles. The van der Waals surface area contributed by atoms with Crippen molar-refractivity contribution >= 4 is 23.8 Å². The minimum absolute atomic E-state index is 0.104. The van der Waals surface area contributed by atoms with Crippen molar-refractivity contribution in [1.82, 2.24) is 24.1 Å². The molecule has 2 aromatic carbocycles. The molecule has 33 heavy (non-hydrogen) atoms. The molecule has 1 saturated heterocycles. The van der Waals surface area contributed by atoms with Crippen LogP contribution >= 0.6 is 23.8 Å². The van der Waals surface area contributed by atoms with Crippen LogP contribution in [0.5, 0.6) is 0 Å². The largest absolute Gasteiger partial charge is 0.301 e. The van der Waals surface area contributed by atoms with E-state index in [1.165, 1.54) is 18.5 Å². The molecule has 7 heteroatoms. The van der Waals surface area contributed by atoms with Gasteiger partial charge in [0.05, 0.1) is 12.4 Å². The molecule has 3 aromatic rings. The molecule has 0 aliphatic carbocycles. The van der Waals surface area contributed by atoms with Crippen molar-refractivity contribution in [1.29, 1.82) is 0 Å². The van der Waals surface area contributed by atoms with Crippen molar-refractivity contribution in [3.8, 4) is 17.1 Å². The van der Waals surface area contributed by atoms with Crippen molar-refractivity contribution in [2.75, 3.05) is 32.7 Å². The Balaban J connectivity index is 1.68. The SMILES string of the molecule is CCCN1CCN(Cn2nc(-c3ccc(C(C)(C)C)cc3)n(-c3ccc(Cl)cc3)c2=S)CC1. The van der Waals surface area contributed by atoms with Gasteiger partial charge in [-0.3, -0.25) is 9.47 Å². The van der Waals surface area contributed by atoms with Gasteiger partial charge in [-0.05, 0) is 60.4 Å². The minimum Gasteiger partial charge on any atom is -0.301 e. The van der Waals surface area contributed by atoms with Crippen LogP contribution in [0, 0.1) is 4.77 Å². The van der Waals surface area contributed by atoms with E-state index in [2.05, 4.69) is 66.3 Å². The van der Waals surface area contributed by atoms with E-state index >= 15 is 0 Å².